The molecule has 0 bridgehead atoms. The van der Waals surface area contributed by atoms with Gasteiger partial charge in [-0.2, -0.15) is 5.10 Å². The molecule has 4 N–H and O–H groups in total. The number of halogens is 1. The molecule has 9 nitrogen and oxygen atoms in total. The van der Waals surface area contributed by atoms with Crippen molar-refractivity contribution in [2.45, 2.75) is 33.4 Å². The largest absolute Gasteiger partial charge is 0.399 e. The zero-order chi connectivity index (χ0) is 25.0. The van der Waals surface area contributed by atoms with Crippen LogP contribution >= 0.6 is 11.6 Å². The smallest absolute Gasteiger partial charge is 0.273 e. The van der Waals surface area contributed by atoms with E-state index in [1.807, 2.05) is 12.1 Å². The number of thiol groups is 1. The number of nitrogen functional groups attached to an aromatic ring is 1. The van der Waals surface area contributed by atoms with Crippen molar-refractivity contribution in [1.82, 2.24) is 20.4 Å². The number of carbonyl (C=O) groups excluding carboxylic acids is 2. The maximum absolute atomic E-state index is 13.3. The van der Waals surface area contributed by atoms with Crippen LogP contribution in [0.5, 0.6) is 0 Å². The molecule has 0 fully saturated rings. The summed E-state index contributed by atoms with van der Waals surface area (Å²) in [6, 6.07) is 11.6. The molecule has 1 unspecified atom stereocenters. The summed E-state index contributed by atoms with van der Waals surface area (Å²) in [5.41, 5.74) is 7.57. The van der Waals surface area contributed by atoms with Crippen LogP contribution in [0.1, 0.15) is 36.8 Å². The molecule has 1 aromatic heterocycles. The minimum Gasteiger partial charge on any atom is -0.399 e. The van der Waals surface area contributed by atoms with Crippen LogP contribution in [0.2, 0.25) is 5.02 Å². The zero-order valence-electron chi connectivity index (χ0n) is 19.2. The Morgan fingerprint density at radius 3 is 2.44 bits per heavy atom. The van der Waals surface area contributed by atoms with Gasteiger partial charge in [-0.15, -0.1) is 0 Å². The molecule has 0 spiro atoms. The van der Waals surface area contributed by atoms with Gasteiger partial charge in [-0.1, -0.05) is 44.5 Å². The van der Waals surface area contributed by atoms with Crippen LogP contribution in [0.3, 0.4) is 0 Å². The molecule has 34 heavy (non-hydrogen) atoms. The lowest BCUT2D eigenvalue weighted by Crippen LogP contribution is -2.54. The van der Waals surface area contributed by atoms with Gasteiger partial charge in [-0.3, -0.25) is 14.3 Å². The van der Waals surface area contributed by atoms with E-state index in [0.29, 0.717) is 28.2 Å². The molecule has 2 aromatic carbocycles. The third-order valence-electron chi connectivity index (χ3n) is 5.24. The average Bonchev–Trinajstić information content (AvgIpc) is 3.09. The van der Waals surface area contributed by atoms with Gasteiger partial charge in [-0.25, -0.2) is 8.42 Å². The molecule has 0 aliphatic rings. The Bertz CT molecular complexity index is 1270. The number of hydrogen-bond acceptors (Lipinski definition) is 6. The van der Waals surface area contributed by atoms with Crippen molar-refractivity contribution in [1.29, 1.82) is 0 Å². The van der Waals surface area contributed by atoms with E-state index in [4.69, 9.17) is 17.3 Å². The van der Waals surface area contributed by atoms with Crippen molar-refractivity contribution < 1.29 is 18.0 Å². The molecule has 1 atom stereocenters. The molecule has 0 radical (unpaired) electrons. The number of anilines is 1. The van der Waals surface area contributed by atoms with Crippen molar-refractivity contribution in [3.05, 3.63) is 58.7 Å². The van der Waals surface area contributed by atoms with Crippen molar-refractivity contribution in [3.8, 4) is 0 Å². The fourth-order valence-corrected chi connectivity index (χ4v) is 3.95. The van der Waals surface area contributed by atoms with Gasteiger partial charge in [0.25, 0.3) is 5.91 Å². The Balaban J connectivity index is 1.91. The van der Waals surface area contributed by atoms with E-state index < -0.39 is 34.0 Å². The van der Waals surface area contributed by atoms with Gasteiger partial charge in [0.15, 0.2) is 5.69 Å². The van der Waals surface area contributed by atoms with Gasteiger partial charge < -0.3 is 16.4 Å². The minimum absolute atomic E-state index is 0.0330. The molecule has 1 heterocycles. The Morgan fingerprint density at radius 2 is 1.82 bits per heavy atom. The van der Waals surface area contributed by atoms with Crippen LogP contribution < -0.4 is 16.4 Å². The normalized spacial score (nSPS) is 12.6. The Morgan fingerprint density at radius 1 is 1.15 bits per heavy atom. The number of rotatable bonds is 8. The number of aromatic nitrogens is 2. The summed E-state index contributed by atoms with van der Waals surface area (Å²) in [4.78, 5) is 26.1. The summed E-state index contributed by atoms with van der Waals surface area (Å²) in [6.45, 7) is 5.79. The molecular formula is C23H28ClN5O4S. The zero-order valence-corrected chi connectivity index (χ0v) is 20.8. The molecule has 3 rings (SSSR count). The highest BCUT2D eigenvalue weighted by Gasteiger charge is 2.34. The van der Waals surface area contributed by atoms with E-state index in [9.17, 15) is 18.0 Å². The van der Waals surface area contributed by atoms with E-state index in [2.05, 4.69) is 15.7 Å². The van der Waals surface area contributed by atoms with Crippen molar-refractivity contribution >= 4 is 50.7 Å². The highest BCUT2D eigenvalue weighted by molar-refractivity contribution is 7.72. The number of nitrogens with two attached hydrogens (primary N) is 1. The Kier molecular flexibility index (Phi) is 7.83. The predicted molar refractivity (Wildman–Crippen MR) is 134 cm³/mol. The second kappa shape index (κ2) is 10.4. The average molecular weight is 506 g/mol. The van der Waals surface area contributed by atoms with Crippen molar-refractivity contribution in [2.75, 3.05) is 18.0 Å². The van der Waals surface area contributed by atoms with Gasteiger partial charge in [0.2, 0.25) is 5.91 Å². The second-order valence-electron chi connectivity index (χ2n) is 9.03. The summed E-state index contributed by atoms with van der Waals surface area (Å²) in [6.07, 6.45) is 0. The molecule has 0 saturated carbocycles. The van der Waals surface area contributed by atoms with Crippen LogP contribution in [0.15, 0.2) is 42.5 Å². The number of fused-ring (bicyclic) bond motifs is 1. The van der Waals surface area contributed by atoms with E-state index in [0.717, 1.165) is 5.56 Å². The molecule has 3 aromatic rings. The van der Waals surface area contributed by atoms with E-state index >= 15 is 0 Å². The van der Waals surface area contributed by atoms with Crippen LogP contribution in [0.4, 0.5) is 5.69 Å². The highest BCUT2D eigenvalue weighted by Crippen LogP contribution is 2.25. The highest BCUT2D eigenvalue weighted by atomic mass is 35.5. The standard InChI is InChI=1S/C23H28ClN5O4S/c1-23(2,3)20(22(31)26-10-11-34(32)33)27-21(30)19-17-12-15(24)6-9-18(17)29(28-19)13-14-4-7-16(25)8-5-14/h4-9,12,20,34H,10-11,13,25H2,1-3H3,(H,26,31)(H,27,30). The van der Waals surface area contributed by atoms with Gasteiger partial charge in [-0.05, 0) is 41.3 Å². The lowest BCUT2D eigenvalue weighted by atomic mass is 9.86. The number of nitrogens with zero attached hydrogens (tertiary/aromatic N) is 2. The van der Waals surface area contributed by atoms with E-state index in [-0.39, 0.29) is 18.0 Å². The van der Waals surface area contributed by atoms with Crippen LogP contribution in [0.25, 0.3) is 10.9 Å². The van der Waals surface area contributed by atoms with Gasteiger partial charge in [0.05, 0.1) is 17.8 Å². The molecular weight excluding hydrogens is 478 g/mol. The molecule has 0 saturated heterocycles. The van der Waals surface area contributed by atoms with Crippen molar-refractivity contribution in [3.63, 3.8) is 0 Å². The summed E-state index contributed by atoms with van der Waals surface area (Å²) in [7, 11) is -2.61. The number of carbonyl (C=O) groups is 2. The Labute approximate surface area is 204 Å². The molecule has 0 aliphatic carbocycles. The molecule has 11 heteroatoms. The summed E-state index contributed by atoms with van der Waals surface area (Å²) < 4.78 is 23.3. The minimum atomic E-state index is -2.61. The Hall–Kier alpha value is -3.11. The number of benzene rings is 2. The lowest BCUT2D eigenvalue weighted by molar-refractivity contribution is -0.125. The fraction of sp³-hybridized carbons (Fsp3) is 0.348. The number of hydrogen-bond donors (Lipinski definition) is 4. The molecule has 0 aliphatic heterocycles. The molecule has 182 valence electrons. The summed E-state index contributed by atoms with van der Waals surface area (Å²) in [5.74, 6) is -1.18. The maximum Gasteiger partial charge on any atom is 0.273 e. The van der Waals surface area contributed by atoms with Crippen LogP contribution in [-0.4, -0.2) is 48.4 Å². The fourth-order valence-electron chi connectivity index (χ4n) is 3.48. The summed E-state index contributed by atoms with van der Waals surface area (Å²) in [5, 5.41) is 10.9. The first-order chi connectivity index (χ1) is 16.0. The number of amides is 2. The monoisotopic (exact) mass is 505 g/mol. The summed E-state index contributed by atoms with van der Waals surface area (Å²) >= 11 is 6.20. The first-order valence-corrected chi connectivity index (χ1v) is 12.4. The lowest BCUT2D eigenvalue weighted by Gasteiger charge is -2.30. The topological polar surface area (TPSA) is 136 Å². The number of nitrogens with one attached hydrogen (secondary N) is 2. The first-order valence-electron chi connectivity index (χ1n) is 10.7. The second-order valence-corrected chi connectivity index (χ2v) is 10.6. The van der Waals surface area contributed by atoms with E-state index in [1.165, 1.54) is 0 Å². The van der Waals surface area contributed by atoms with Gasteiger partial charge in [0.1, 0.15) is 16.7 Å². The predicted octanol–water partition coefficient (Wildman–Crippen LogP) is 2.19. The van der Waals surface area contributed by atoms with Gasteiger partial charge >= 0.3 is 0 Å². The third-order valence-corrected chi connectivity index (χ3v) is 6.06. The third kappa shape index (κ3) is 6.27. The van der Waals surface area contributed by atoms with Crippen LogP contribution in [0, 0.1) is 5.41 Å². The van der Waals surface area contributed by atoms with Crippen LogP contribution in [-0.2, 0) is 22.0 Å². The first kappa shape index (κ1) is 25.5. The van der Waals surface area contributed by atoms with E-state index in [1.54, 1.807) is 55.8 Å². The molecule has 2 amide bonds. The van der Waals surface area contributed by atoms with Crippen molar-refractivity contribution in [2.24, 2.45) is 5.41 Å². The van der Waals surface area contributed by atoms with Gasteiger partial charge in [0, 0.05) is 22.6 Å². The maximum atomic E-state index is 13.3. The quantitative estimate of drug-likeness (QED) is 0.273. The SMILES string of the molecule is CC(C)(C)C(NC(=O)c1nn(Cc2ccc(N)cc2)c2ccc(Cl)cc12)C(=O)NCC[SH](=O)=O.